The molecule has 0 saturated heterocycles. The molecule has 0 aliphatic rings. The highest BCUT2D eigenvalue weighted by atomic mass is 16.2. The maximum atomic E-state index is 12.4. The first-order chi connectivity index (χ1) is 9.69. The van der Waals surface area contributed by atoms with Gasteiger partial charge in [-0.1, -0.05) is 30.2 Å². The number of terminal acetylenes is 1. The minimum absolute atomic E-state index is 0.0561. The van der Waals surface area contributed by atoms with Crippen LogP contribution < -0.4 is 10.9 Å². The van der Waals surface area contributed by atoms with Gasteiger partial charge in [-0.05, 0) is 17.5 Å². The summed E-state index contributed by atoms with van der Waals surface area (Å²) in [7, 11) is 0. The molecule has 0 aliphatic carbocycles. The van der Waals surface area contributed by atoms with Gasteiger partial charge in [-0.2, -0.15) is 0 Å². The number of carbonyl (C=O) groups is 1. The number of aromatic nitrogens is 1. The van der Waals surface area contributed by atoms with E-state index in [0.29, 0.717) is 11.9 Å². The maximum Gasteiger partial charge on any atom is 0.268 e. The number of fused-ring (bicyclic) bond motifs is 1. The fraction of sp³-hybridized carbons (Fsp3) is 0.125. The second kappa shape index (κ2) is 5.89. The number of hydrogen-bond donors (Lipinski definition) is 1. The van der Waals surface area contributed by atoms with Crippen molar-refractivity contribution in [3.63, 3.8) is 0 Å². The Balaban J connectivity index is 2.65. The largest absolute Gasteiger partial charge is 0.347 e. The lowest BCUT2D eigenvalue weighted by molar-refractivity contribution is 0.0948. The molecule has 4 nitrogen and oxygen atoms in total. The summed E-state index contributed by atoms with van der Waals surface area (Å²) in [5, 5.41) is 3.92. The minimum Gasteiger partial charge on any atom is -0.347 e. The van der Waals surface area contributed by atoms with Crippen LogP contribution in [0.25, 0.3) is 10.8 Å². The third-order valence-electron chi connectivity index (χ3n) is 2.91. The normalized spacial score (nSPS) is 9.95. The van der Waals surface area contributed by atoms with Crippen molar-refractivity contribution in [3.8, 4) is 12.3 Å². The van der Waals surface area contributed by atoms with Crippen LogP contribution in [0, 0.1) is 12.3 Å². The minimum atomic E-state index is -0.344. The van der Waals surface area contributed by atoms with E-state index < -0.39 is 0 Å². The first-order valence-corrected chi connectivity index (χ1v) is 6.14. The summed E-state index contributed by atoms with van der Waals surface area (Å²) < 4.78 is 1.31. The summed E-state index contributed by atoms with van der Waals surface area (Å²) in [5.41, 5.74) is -0.00157. The second-order valence-corrected chi connectivity index (χ2v) is 4.21. The van der Waals surface area contributed by atoms with Crippen molar-refractivity contribution in [2.24, 2.45) is 0 Å². The molecule has 0 atom stereocenters. The summed E-state index contributed by atoms with van der Waals surface area (Å²) in [6, 6.07) is 8.78. The van der Waals surface area contributed by atoms with E-state index in [2.05, 4.69) is 17.8 Å². The molecule has 1 N–H and O–H groups in total. The number of amides is 1. The molecule has 2 aromatic rings. The van der Waals surface area contributed by atoms with Gasteiger partial charge in [0.05, 0.1) is 6.54 Å². The summed E-state index contributed by atoms with van der Waals surface area (Å²) in [4.78, 5) is 24.5. The average Bonchev–Trinajstić information content (AvgIpc) is 2.47. The molecule has 0 bridgehead atoms. The van der Waals surface area contributed by atoms with Gasteiger partial charge in [0.1, 0.15) is 5.69 Å². The SMILES string of the molecule is C#CCn1c(C(=O)NCC=C)cc2ccccc2c1=O. The second-order valence-electron chi connectivity index (χ2n) is 4.21. The van der Waals surface area contributed by atoms with Crippen LogP contribution >= 0.6 is 0 Å². The first-order valence-electron chi connectivity index (χ1n) is 6.14. The molecule has 0 aliphatic heterocycles. The molecule has 0 saturated carbocycles. The monoisotopic (exact) mass is 266 g/mol. The van der Waals surface area contributed by atoms with Gasteiger partial charge in [0.15, 0.2) is 0 Å². The fourth-order valence-electron chi connectivity index (χ4n) is 1.99. The Morgan fingerprint density at radius 3 is 2.90 bits per heavy atom. The number of nitrogens with one attached hydrogen (secondary N) is 1. The summed E-state index contributed by atoms with van der Waals surface area (Å²) >= 11 is 0. The molecule has 0 unspecified atom stereocenters. The molecule has 20 heavy (non-hydrogen) atoms. The van der Waals surface area contributed by atoms with Crippen LogP contribution in [-0.4, -0.2) is 17.0 Å². The number of pyridine rings is 1. The van der Waals surface area contributed by atoms with Gasteiger partial charge in [0.2, 0.25) is 0 Å². The maximum absolute atomic E-state index is 12.4. The number of rotatable bonds is 4. The number of benzene rings is 1. The van der Waals surface area contributed by atoms with E-state index in [1.807, 2.05) is 6.07 Å². The number of nitrogens with zero attached hydrogens (tertiary/aromatic N) is 1. The smallest absolute Gasteiger partial charge is 0.268 e. The fourth-order valence-corrected chi connectivity index (χ4v) is 1.99. The Bertz CT molecular complexity index is 766. The molecule has 100 valence electrons. The van der Waals surface area contributed by atoms with Gasteiger partial charge < -0.3 is 5.32 Å². The van der Waals surface area contributed by atoms with Gasteiger partial charge in [-0.25, -0.2) is 0 Å². The summed E-state index contributed by atoms with van der Waals surface area (Å²) in [5.74, 6) is 2.06. The van der Waals surface area contributed by atoms with Crippen molar-refractivity contribution in [2.75, 3.05) is 6.54 Å². The van der Waals surface area contributed by atoms with E-state index in [0.717, 1.165) is 5.39 Å². The van der Waals surface area contributed by atoms with E-state index in [4.69, 9.17) is 6.42 Å². The molecule has 2 rings (SSSR count). The van der Waals surface area contributed by atoms with Gasteiger partial charge in [0.25, 0.3) is 11.5 Å². The molecule has 1 amide bonds. The number of carbonyl (C=O) groups excluding carboxylic acids is 1. The summed E-state index contributed by atoms with van der Waals surface area (Å²) in [6.45, 7) is 3.92. The zero-order valence-corrected chi connectivity index (χ0v) is 10.9. The topological polar surface area (TPSA) is 51.1 Å². The van der Waals surface area contributed by atoms with Crippen molar-refractivity contribution < 1.29 is 4.79 Å². The Morgan fingerprint density at radius 2 is 2.20 bits per heavy atom. The molecular formula is C16H14N2O2. The summed E-state index contributed by atoms with van der Waals surface area (Å²) in [6.07, 6.45) is 6.86. The lowest BCUT2D eigenvalue weighted by atomic mass is 10.1. The van der Waals surface area contributed by atoms with Crippen LogP contribution in [0.3, 0.4) is 0 Å². The van der Waals surface area contributed by atoms with Crippen LogP contribution in [0.4, 0.5) is 0 Å². The Labute approximate surface area is 116 Å². The molecule has 0 fully saturated rings. The highest BCUT2D eigenvalue weighted by Crippen LogP contribution is 2.12. The van der Waals surface area contributed by atoms with Crippen molar-refractivity contribution in [2.45, 2.75) is 6.54 Å². The molecule has 1 aromatic heterocycles. The standard InChI is InChI=1S/C16H14N2O2/c1-3-9-17-15(19)14-11-12-7-5-6-8-13(12)16(20)18(14)10-4-2/h2-3,5-8,11H,1,9-10H2,(H,17,19). The van der Waals surface area contributed by atoms with Crippen LogP contribution in [0.15, 0.2) is 47.8 Å². The van der Waals surface area contributed by atoms with Crippen molar-refractivity contribution >= 4 is 16.7 Å². The molecule has 0 spiro atoms. The zero-order valence-electron chi connectivity index (χ0n) is 10.9. The lowest BCUT2D eigenvalue weighted by Crippen LogP contribution is -2.32. The van der Waals surface area contributed by atoms with E-state index in [1.165, 1.54) is 4.57 Å². The van der Waals surface area contributed by atoms with Crippen molar-refractivity contribution in [1.82, 2.24) is 9.88 Å². The van der Waals surface area contributed by atoms with Gasteiger partial charge in [-0.15, -0.1) is 13.0 Å². The zero-order chi connectivity index (χ0) is 14.5. The molecule has 1 aromatic carbocycles. The average molecular weight is 266 g/mol. The lowest BCUT2D eigenvalue weighted by Gasteiger charge is -2.11. The van der Waals surface area contributed by atoms with E-state index in [9.17, 15) is 9.59 Å². The first kappa shape index (κ1) is 13.6. The van der Waals surface area contributed by atoms with Crippen LogP contribution in [-0.2, 0) is 6.54 Å². The van der Waals surface area contributed by atoms with E-state index in [-0.39, 0.29) is 23.7 Å². The molecule has 0 radical (unpaired) electrons. The quantitative estimate of drug-likeness (QED) is 0.674. The Hall–Kier alpha value is -2.80. The van der Waals surface area contributed by atoms with Crippen LogP contribution in [0.2, 0.25) is 0 Å². The molecule has 1 heterocycles. The van der Waals surface area contributed by atoms with Crippen molar-refractivity contribution in [1.29, 1.82) is 0 Å². The van der Waals surface area contributed by atoms with E-state index >= 15 is 0 Å². The molecule has 4 heteroatoms. The number of hydrogen-bond acceptors (Lipinski definition) is 2. The predicted octanol–water partition coefficient (Wildman–Crippen LogP) is 1.55. The highest BCUT2D eigenvalue weighted by Gasteiger charge is 2.14. The van der Waals surface area contributed by atoms with Gasteiger partial charge >= 0.3 is 0 Å². The predicted molar refractivity (Wildman–Crippen MR) is 79.6 cm³/mol. The highest BCUT2D eigenvalue weighted by molar-refractivity contribution is 5.96. The van der Waals surface area contributed by atoms with Crippen LogP contribution in [0.5, 0.6) is 0 Å². The Kier molecular flexibility index (Phi) is 4.02. The third kappa shape index (κ3) is 2.47. The third-order valence-corrected chi connectivity index (χ3v) is 2.91. The van der Waals surface area contributed by atoms with Crippen LogP contribution in [0.1, 0.15) is 10.5 Å². The van der Waals surface area contributed by atoms with Gasteiger partial charge in [0, 0.05) is 11.9 Å². The van der Waals surface area contributed by atoms with Crippen molar-refractivity contribution in [3.05, 3.63) is 59.0 Å². The Morgan fingerprint density at radius 1 is 1.45 bits per heavy atom. The van der Waals surface area contributed by atoms with Gasteiger partial charge in [-0.3, -0.25) is 14.2 Å². The molecular weight excluding hydrogens is 252 g/mol. The van der Waals surface area contributed by atoms with E-state index in [1.54, 1.807) is 30.3 Å².